The Labute approximate surface area is 117 Å². The van der Waals surface area contributed by atoms with Crippen molar-refractivity contribution in [3.63, 3.8) is 0 Å². The molecule has 1 fully saturated rings. The van der Waals surface area contributed by atoms with Crippen molar-refractivity contribution in [3.8, 4) is 0 Å². The number of carbonyl (C=O) groups excluding carboxylic acids is 1. The molecule has 3 rings (SSSR count). The van der Waals surface area contributed by atoms with E-state index in [0.717, 1.165) is 11.3 Å². The number of carbonyl (C=O) groups is 1. The molecule has 1 aromatic rings. The van der Waals surface area contributed by atoms with Gasteiger partial charge in [-0.3, -0.25) is 9.78 Å². The fourth-order valence-electron chi connectivity index (χ4n) is 3.44. The molecule has 0 aliphatic heterocycles. The van der Waals surface area contributed by atoms with Crippen LogP contribution < -0.4 is 5.46 Å². The normalized spacial score (nSPS) is 32.5. The number of aliphatic hydroxyl groups is 1. The summed E-state index contributed by atoms with van der Waals surface area (Å²) < 4.78 is 0. The molecule has 1 heterocycles. The Bertz CT molecular complexity index is 560. The molecular formula is C14H18BNO4. The van der Waals surface area contributed by atoms with Crippen molar-refractivity contribution in [1.29, 1.82) is 0 Å². The van der Waals surface area contributed by atoms with Crippen molar-refractivity contribution in [2.75, 3.05) is 0 Å². The van der Waals surface area contributed by atoms with Crippen molar-refractivity contribution >= 4 is 18.4 Å². The van der Waals surface area contributed by atoms with Crippen molar-refractivity contribution < 1.29 is 19.9 Å². The molecule has 6 heteroatoms. The monoisotopic (exact) mass is 275 g/mol. The molecule has 0 bridgehead atoms. The Kier molecular flexibility index (Phi) is 3.01. The van der Waals surface area contributed by atoms with E-state index in [0.29, 0.717) is 37.6 Å². The third-order valence-corrected chi connectivity index (χ3v) is 4.80. The van der Waals surface area contributed by atoms with Crippen LogP contribution >= 0.6 is 0 Å². The van der Waals surface area contributed by atoms with Crippen LogP contribution in [-0.4, -0.2) is 38.6 Å². The van der Waals surface area contributed by atoms with Crippen LogP contribution in [0.3, 0.4) is 0 Å². The lowest BCUT2D eigenvalue weighted by atomic mass is 9.67. The van der Waals surface area contributed by atoms with Gasteiger partial charge in [0.15, 0.2) is 0 Å². The summed E-state index contributed by atoms with van der Waals surface area (Å²) in [7, 11) is -1.56. The highest BCUT2D eigenvalue weighted by atomic mass is 16.4. The zero-order chi connectivity index (χ0) is 14.5. The molecule has 2 aliphatic rings. The third-order valence-electron chi connectivity index (χ3n) is 4.80. The Hall–Kier alpha value is -1.24. The molecule has 1 saturated carbocycles. The van der Waals surface area contributed by atoms with Crippen LogP contribution in [0.1, 0.15) is 43.9 Å². The van der Waals surface area contributed by atoms with Gasteiger partial charge in [-0.2, -0.15) is 0 Å². The van der Waals surface area contributed by atoms with E-state index < -0.39 is 18.1 Å². The number of hydrogen-bond acceptors (Lipinski definition) is 5. The number of nitrogens with zero attached hydrogens (tertiary/aromatic N) is 1. The summed E-state index contributed by atoms with van der Waals surface area (Å²) in [5, 5.41) is 28.4. The van der Waals surface area contributed by atoms with Crippen LogP contribution in [0.25, 0.3) is 0 Å². The van der Waals surface area contributed by atoms with Gasteiger partial charge < -0.3 is 15.2 Å². The summed E-state index contributed by atoms with van der Waals surface area (Å²) in [4.78, 5) is 16.8. The van der Waals surface area contributed by atoms with Crippen molar-refractivity contribution in [2.45, 2.75) is 50.0 Å². The average molecular weight is 275 g/mol. The molecule has 2 aliphatic carbocycles. The largest absolute Gasteiger partial charge is 0.490 e. The summed E-state index contributed by atoms with van der Waals surface area (Å²) in [6, 6.07) is 1.66. The average Bonchev–Trinajstić information content (AvgIpc) is 2.65. The summed E-state index contributed by atoms with van der Waals surface area (Å²) in [5.74, 6) is 0.139. The van der Waals surface area contributed by atoms with E-state index in [1.54, 1.807) is 13.0 Å². The summed E-state index contributed by atoms with van der Waals surface area (Å²) in [6.45, 7) is 1.80. The Morgan fingerprint density at radius 2 is 1.90 bits per heavy atom. The van der Waals surface area contributed by atoms with Crippen molar-refractivity contribution in [3.05, 3.63) is 23.5 Å². The molecule has 5 nitrogen and oxygen atoms in total. The first kappa shape index (κ1) is 13.7. The van der Waals surface area contributed by atoms with Gasteiger partial charge in [0.25, 0.3) is 0 Å². The maximum atomic E-state index is 12.5. The Morgan fingerprint density at radius 1 is 1.25 bits per heavy atom. The van der Waals surface area contributed by atoms with Gasteiger partial charge in [0, 0.05) is 18.1 Å². The van der Waals surface area contributed by atoms with Gasteiger partial charge in [0.05, 0.1) is 16.7 Å². The van der Waals surface area contributed by atoms with Crippen LogP contribution in [0.4, 0.5) is 0 Å². The number of pyridine rings is 1. The van der Waals surface area contributed by atoms with Gasteiger partial charge >= 0.3 is 7.12 Å². The molecule has 0 unspecified atom stereocenters. The van der Waals surface area contributed by atoms with E-state index in [9.17, 15) is 19.9 Å². The van der Waals surface area contributed by atoms with Crippen LogP contribution in [0, 0.1) is 0 Å². The quantitative estimate of drug-likeness (QED) is 0.598. The smallest absolute Gasteiger partial charge is 0.423 e. The minimum atomic E-state index is -1.56. The molecule has 0 radical (unpaired) electrons. The fraction of sp³-hybridized carbons (Fsp3) is 0.571. The van der Waals surface area contributed by atoms with Crippen LogP contribution in [0.5, 0.6) is 0 Å². The van der Waals surface area contributed by atoms with E-state index in [2.05, 4.69) is 4.98 Å². The van der Waals surface area contributed by atoms with E-state index in [1.165, 1.54) is 6.20 Å². The third kappa shape index (κ3) is 1.99. The van der Waals surface area contributed by atoms with Gasteiger partial charge in [-0.1, -0.05) is 6.07 Å². The minimum Gasteiger partial charge on any atom is -0.423 e. The van der Waals surface area contributed by atoms with Gasteiger partial charge in [-0.25, -0.2) is 0 Å². The maximum absolute atomic E-state index is 12.5. The lowest BCUT2D eigenvalue weighted by molar-refractivity contribution is -0.126. The topological polar surface area (TPSA) is 90.7 Å². The molecule has 1 aromatic heterocycles. The molecule has 106 valence electrons. The second-order valence-electron chi connectivity index (χ2n) is 6.33. The molecule has 20 heavy (non-hydrogen) atoms. The summed E-state index contributed by atoms with van der Waals surface area (Å²) in [6.07, 6.45) is 4.12. The van der Waals surface area contributed by atoms with E-state index in [1.807, 2.05) is 0 Å². The number of ketones is 1. The molecule has 1 spiro atoms. The number of fused-ring (bicyclic) bond motifs is 2. The van der Waals surface area contributed by atoms with E-state index in [-0.39, 0.29) is 5.78 Å². The van der Waals surface area contributed by atoms with Gasteiger partial charge in [-0.15, -0.1) is 0 Å². The van der Waals surface area contributed by atoms with Crippen LogP contribution in [-0.2, 0) is 16.6 Å². The summed E-state index contributed by atoms with van der Waals surface area (Å²) >= 11 is 0. The lowest BCUT2D eigenvalue weighted by Crippen LogP contribution is -2.43. The number of hydrogen-bond donors (Lipinski definition) is 3. The first-order valence-electron chi connectivity index (χ1n) is 6.95. The van der Waals surface area contributed by atoms with Gasteiger partial charge in [0.2, 0.25) is 0 Å². The highest BCUT2D eigenvalue weighted by Crippen LogP contribution is 2.47. The van der Waals surface area contributed by atoms with Gasteiger partial charge in [-0.05, 0) is 38.2 Å². The van der Waals surface area contributed by atoms with Gasteiger partial charge in [0.1, 0.15) is 5.78 Å². The maximum Gasteiger partial charge on any atom is 0.490 e. The zero-order valence-electron chi connectivity index (χ0n) is 11.5. The highest BCUT2D eigenvalue weighted by molar-refractivity contribution is 6.58. The second kappa shape index (κ2) is 4.38. The Morgan fingerprint density at radius 3 is 2.50 bits per heavy atom. The number of Topliss-reactive ketones (excluding diaryl/α,β-unsaturated/α-hetero) is 1. The first-order valence-corrected chi connectivity index (χ1v) is 6.95. The van der Waals surface area contributed by atoms with Crippen LogP contribution in [0.15, 0.2) is 12.3 Å². The molecule has 0 saturated heterocycles. The van der Waals surface area contributed by atoms with Crippen molar-refractivity contribution in [1.82, 2.24) is 4.98 Å². The van der Waals surface area contributed by atoms with Crippen LogP contribution in [0.2, 0.25) is 0 Å². The lowest BCUT2D eigenvalue weighted by Gasteiger charge is -2.39. The molecule has 3 N–H and O–H groups in total. The predicted molar refractivity (Wildman–Crippen MR) is 73.5 cm³/mol. The Balaban J connectivity index is 1.99. The first-order chi connectivity index (χ1) is 9.34. The molecule has 0 aromatic carbocycles. The molecule has 0 amide bonds. The minimum absolute atomic E-state index is 0.139. The van der Waals surface area contributed by atoms with E-state index >= 15 is 0 Å². The number of aromatic nitrogens is 1. The second-order valence-corrected chi connectivity index (χ2v) is 6.33. The fourth-order valence-corrected chi connectivity index (χ4v) is 3.44. The molecule has 0 atom stereocenters. The molecular weight excluding hydrogens is 257 g/mol. The van der Waals surface area contributed by atoms with E-state index in [4.69, 9.17) is 0 Å². The highest BCUT2D eigenvalue weighted by Gasteiger charge is 2.51. The van der Waals surface area contributed by atoms with Crippen molar-refractivity contribution in [2.24, 2.45) is 0 Å². The predicted octanol–water partition coefficient (Wildman–Crippen LogP) is -0.551. The number of rotatable bonds is 1. The SMILES string of the molecule is CC1(O)CCC2(CC1)C(=O)Cc1cc(B(O)O)cnc12. The zero-order valence-corrected chi connectivity index (χ0v) is 11.5. The standard InChI is InChI=1S/C14H18BNO4/c1-13(18)2-4-14(5-3-13)11(17)7-9-6-10(15(19)20)8-16-12(9)14/h6,8,18-20H,2-5,7H2,1H3. The summed E-state index contributed by atoms with van der Waals surface area (Å²) in [5.41, 5.74) is 0.604.